The van der Waals surface area contributed by atoms with Gasteiger partial charge >= 0.3 is 0 Å². The Labute approximate surface area is 152 Å². The fourth-order valence-electron chi connectivity index (χ4n) is 2.72. The molecule has 1 aromatic heterocycles. The molecule has 134 valence electrons. The molecule has 0 radical (unpaired) electrons. The van der Waals surface area contributed by atoms with Crippen molar-refractivity contribution in [1.29, 1.82) is 0 Å². The van der Waals surface area contributed by atoms with Crippen molar-refractivity contribution in [3.63, 3.8) is 0 Å². The number of benzene rings is 1. The minimum atomic E-state index is -0.663. The number of aliphatic hydroxyl groups is 1. The summed E-state index contributed by atoms with van der Waals surface area (Å²) in [7, 11) is 0. The second kappa shape index (κ2) is 8.92. The zero-order valence-electron chi connectivity index (χ0n) is 14.9. The van der Waals surface area contributed by atoms with Crippen LogP contribution in [-0.2, 0) is 11.2 Å². The van der Waals surface area contributed by atoms with E-state index in [4.69, 9.17) is 0 Å². The van der Waals surface area contributed by atoms with Gasteiger partial charge in [0.25, 0.3) is 0 Å². The average molecular weight is 359 g/mol. The van der Waals surface area contributed by atoms with Gasteiger partial charge < -0.3 is 10.4 Å². The van der Waals surface area contributed by atoms with E-state index in [0.717, 1.165) is 15.3 Å². The topological polar surface area (TPSA) is 66.4 Å². The van der Waals surface area contributed by atoms with Gasteiger partial charge in [-0.3, -0.25) is 9.59 Å². The van der Waals surface area contributed by atoms with Gasteiger partial charge in [0.15, 0.2) is 5.78 Å². The van der Waals surface area contributed by atoms with Crippen molar-refractivity contribution in [2.45, 2.75) is 52.2 Å². The Balaban J connectivity index is 1.79. The van der Waals surface area contributed by atoms with Crippen molar-refractivity contribution in [3.8, 4) is 0 Å². The predicted molar refractivity (Wildman–Crippen MR) is 101 cm³/mol. The lowest BCUT2D eigenvalue weighted by Gasteiger charge is -2.20. The van der Waals surface area contributed by atoms with Crippen molar-refractivity contribution >= 4 is 23.0 Å². The van der Waals surface area contributed by atoms with Gasteiger partial charge in [-0.25, -0.2) is 0 Å². The van der Waals surface area contributed by atoms with Crippen molar-refractivity contribution in [2.24, 2.45) is 0 Å². The summed E-state index contributed by atoms with van der Waals surface area (Å²) in [5, 5.41) is 13.0. The molecule has 1 amide bonds. The molecule has 0 aliphatic carbocycles. The molecular formula is C20H25NO3S. The number of thiophene rings is 1. The van der Waals surface area contributed by atoms with Crippen LogP contribution in [0, 0.1) is 13.8 Å². The molecule has 2 aromatic rings. The number of hydrogen-bond acceptors (Lipinski definition) is 4. The molecule has 0 saturated heterocycles. The maximum Gasteiger partial charge on any atom is 0.220 e. The van der Waals surface area contributed by atoms with Gasteiger partial charge in [0, 0.05) is 34.6 Å². The number of amides is 1. The lowest BCUT2D eigenvalue weighted by Crippen LogP contribution is -2.42. The van der Waals surface area contributed by atoms with Crippen LogP contribution in [0.4, 0.5) is 0 Å². The zero-order valence-corrected chi connectivity index (χ0v) is 15.7. The molecule has 5 heteroatoms. The van der Waals surface area contributed by atoms with Crippen LogP contribution in [0.1, 0.15) is 45.4 Å². The normalized spacial score (nSPS) is 13.3. The molecular weight excluding hydrogens is 334 g/mol. The number of hydrogen-bond donors (Lipinski definition) is 2. The summed E-state index contributed by atoms with van der Waals surface area (Å²) < 4.78 is 0. The van der Waals surface area contributed by atoms with E-state index >= 15 is 0 Å². The van der Waals surface area contributed by atoms with Crippen LogP contribution in [0.15, 0.2) is 36.4 Å². The SMILES string of the molecule is Cc1cc(C(=O)CCC(=O)N[C@@H](C)[C@@H](O)Cc2ccccc2)c(C)s1. The fraction of sp³-hybridized carbons (Fsp3) is 0.400. The molecule has 2 N–H and O–H groups in total. The molecule has 0 aliphatic rings. The average Bonchev–Trinajstić information content (AvgIpc) is 2.92. The highest BCUT2D eigenvalue weighted by molar-refractivity contribution is 7.12. The highest BCUT2D eigenvalue weighted by Gasteiger charge is 2.18. The number of aliphatic hydroxyl groups excluding tert-OH is 1. The van der Waals surface area contributed by atoms with Gasteiger partial charge in [-0.1, -0.05) is 30.3 Å². The molecule has 0 spiro atoms. The molecule has 0 bridgehead atoms. The summed E-state index contributed by atoms with van der Waals surface area (Å²) in [6.45, 7) is 5.67. The fourth-order valence-corrected chi connectivity index (χ4v) is 3.67. The molecule has 0 saturated carbocycles. The highest BCUT2D eigenvalue weighted by atomic mass is 32.1. The Hall–Kier alpha value is -1.98. The summed E-state index contributed by atoms with van der Waals surface area (Å²) >= 11 is 1.59. The van der Waals surface area contributed by atoms with Gasteiger partial charge in [0.1, 0.15) is 0 Å². The molecule has 1 aromatic carbocycles. The lowest BCUT2D eigenvalue weighted by atomic mass is 10.0. The summed E-state index contributed by atoms with van der Waals surface area (Å²) in [6.07, 6.45) is 0.137. The second-order valence-corrected chi connectivity index (χ2v) is 7.82. The van der Waals surface area contributed by atoms with E-state index < -0.39 is 6.10 Å². The predicted octanol–water partition coefficient (Wildman–Crippen LogP) is 3.44. The van der Waals surface area contributed by atoms with Crippen LogP contribution < -0.4 is 5.32 Å². The first-order valence-electron chi connectivity index (χ1n) is 8.48. The minimum absolute atomic E-state index is 0.00510. The number of carbonyl (C=O) groups is 2. The second-order valence-electron chi connectivity index (χ2n) is 6.36. The first-order valence-corrected chi connectivity index (χ1v) is 9.30. The third kappa shape index (κ3) is 5.80. The molecule has 0 unspecified atom stereocenters. The Morgan fingerprint density at radius 1 is 1.16 bits per heavy atom. The molecule has 2 rings (SSSR count). The maximum absolute atomic E-state index is 12.2. The number of Topliss-reactive ketones (excluding diaryl/α,β-unsaturated/α-hetero) is 1. The molecule has 4 nitrogen and oxygen atoms in total. The molecule has 0 fully saturated rings. The van der Waals surface area contributed by atoms with E-state index in [1.165, 1.54) is 0 Å². The largest absolute Gasteiger partial charge is 0.391 e. The Morgan fingerprint density at radius 3 is 2.44 bits per heavy atom. The van der Waals surface area contributed by atoms with Crippen LogP contribution in [0.5, 0.6) is 0 Å². The molecule has 1 heterocycles. The minimum Gasteiger partial charge on any atom is -0.391 e. The third-order valence-corrected chi connectivity index (χ3v) is 5.14. The lowest BCUT2D eigenvalue weighted by molar-refractivity contribution is -0.122. The maximum atomic E-state index is 12.2. The van der Waals surface area contributed by atoms with Gasteiger partial charge in [0.2, 0.25) is 5.91 Å². The van der Waals surface area contributed by atoms with Crippen LogP contribution in [0.3, 0.4) is 0 Å². The Bertz CT molecular complexity index is 724. The quantitative estimate of drug-likeness (QED) is 0.710. The highest BCUT2D eigenvalue weighted by Crippen LogP contribution is 2.22. The van der Waals surface area contributed by atoms with Crippen LogP contribution in [0.25, 0.3) is 0 Å². The number of ketones is 1. The Morgan fingerprint density at radius 2 is 1.84 bits per heavy atom. The van der Waals surface area contributed by atoms with E-state index in [1.54, 1.807) is 18.3 Å². The van der Waals surface area contributed by atoms with Crippen molar-refractivity contribution < 1.29 is 14.7 Å². The standard InChI is InChI=1S/C20H25NO3S/c1-13-11-17(15(3)25-13)18(22)9-10-20(24)21-14(2)19(23)12-16-7-5-4-6-8-16/h4-8,11,14,19,23H,9-10,12H2,1-3H3,(H,21,24)/t14-,19-/m0/s1. The monoisotopic (exact) mass is 359 g/mol. The smallest absolute Gasteiger partial charge is 0.220 e. The van der Waals surface area contributed by atoms with Gasteiger partial charge in [-0.05, 0) is 32.4 Å². The third-order valence-electron chi connectivity index (χ3n) is 4.17. The first-order chi connectivity index (χ1) is 11.9. The van der Waals surface area contributed by atoms with Crippen LogP contribution in [0.2, 0.25) is 0 Å². The van der Waals surface area contributed by atoms with E-state index in [0.29, 0.717) is 12.0 Å². The van der Waals surface area contributed by atoms with Gasteiger partial charge in [-0.15, -0.1) is 11.3 Å². The van der Waals surface area contributed by atoms with Gasteiger partial charge in [0.05, 0.1) is 12.1 Å². The zero-order chi connectivity index (χ0) is 18.4. The van der Waals surface area contributed by atoms with E-state index in [9.17, 15) is 14.7 Å². The number of carbonyl (C=O) groups excluding carboxylic acids is 2. The van der Waals surface area contributed by atoms with E-state index in [2.05, 4.69) is 5.32 Å². The number of rotatable bonds is 8. The van der Waals surface area contributed by atoms with Crippen molar-refractivity contribution in [2.75, 3.05) is 0 Å². The summed E-state index contributed by atoms with van der Waals surface area (Å²) in [5.74, 6) is -0.216. The van der Waals surface area contributed by atoms with E-state index in [-0.39, 0.29) is 30.6 Å². The van der Waals surface area contributed by atoms with E-state index in [1.807, 2.05) is 50.2 Å². The summed E-state index contributed by atoms with van der Waals surface area (Å²) in [5.41, 5.74) is 1.74. The first kappa shape index (κ1) is 19.3. The number of aryl methyl sites for hydroxylation is 2. The van der Waals surface area contributed by atoms with Crippen LogP contribution in [-0.4, -0.2) is 28.9 Å². The molecule has 25 heavy (non-hydrogen) atoms. The van der Waals surface area contributed by atoms with Gasteiger partial charge in [-0.2, -0.15) is 0 Å². The molecule has 0 aliphatic heterocycles. The molecule has 2 atom stereocenters. The Kier molecular flexibility index (Phi) is 6.91. The van der Waals surface area contributed by atoms with Crippen LogP contribution >= 0.6 is 11.3 Å². The van der Waals surface area contributed by atoms with Crippen molar-refractivity contribution in [1.82, 2.24) is 5.32 Å². The number of nitrogens with one attached hydrogen (secondary N) is 1. The summed E-state index contributed by atoms with van der Waals surface area (Å²) in [4.78, 5) is 26.4. The van der Waals surface area contributed by atoms with Crippen molar-refractivity contribution in [3.05, 3.63) is 57.3 Å². The summed E-state index contributed by atoms with van der Waals surface area (Å²) in [6, 6.07) is 11.2.